The Balaban J connectivity index is 0.000000540. The number of halogens is 6. The molecule has 15 heteroatoms. The number of aliphatic carboxylic acids is 1. The lowest BCUT2D eigenvalue weighted by molar-refractivity contribution is -0.277. The predicted octanol–water partition coefficient (Wildman–Crippen LogP) is 3.84. The van der Waals surface area contributed by atoms with Gasteiger partial charge in [-0.1, -0.05) is 12.1 Å². The van der Waals surface area contributed by atoms with Crippen LogP contribution in [0.15, 0.2) is 30.5 Å². The largest absolute Gasteiger partial charge is 0.490 e. The lowest BCUT2D eigenvalue weighted by atomic mass is 9.90. The number of carboxylic acids is 1. The van der Waals surface area contributed by atoms with Crippen LogP contribution >= 0.6 is 11.5 Å². The normalized spacial score (nSPS) is 13.5. The number of carboxylic acid groups (broad SMARTS) is 1. The number of aliphatic hydroxyl groups excluding tert-OH is 1. The van der Waals surface area contributed by atoms with Crippen LogP contribution in [-0.4, -0.2) is 54.6 Å². The number of benzene rings is 1. The maximum absolute atomic E-state index is 13.3. The van der Waals surface area contributed by atoms with Gasteiger partial charge < -0.3 is 21.1 Å². The molecule has 0 radical (unpaired) electrons. The Kier molecular flexibility index (Phi) is 8.09. The Morgan fingerprint density at radius 1 is 1.11 bits per heavy atom. The van der Waals surface area contributed by atoms with Crippen molar-refractivity contribution < 1.29 is 46.5 Å². The standard InChI is InChI=1S/C18H17F3N4O2S.C2HF3O2/c1-9-3-4-11(17(27,8-26)18(19,20)21)6-12(9)13-7-23-16(22)15(24-13)14-5-10(2)25-28-14;3-2(4,5)1(6)7/h3-7,26-27H,8H2,1-2H3,(H2,22,23);(H,6,7). The summed E-state index contributed by atoms with van der Waals surface area (Å²) >= 11 is 1.18. The molecule has 1 unspecified atom stereocenters. The number of aromatic nitrogens is 3. The third-order valence-corrected chi connectivity index (χ3v) is 5.48. The lowest BCUT2D eigenvalue weighted by Gasteiger charge is -2.29. The molecule has 8 nitrogen and oxygen atoms in total. The first-order valence-corrected chi connectivity index (χ1v) is 10.2. The van der Waals surface area contributed by atoms with Crippen LogP contribution in [0.3, 0.4) is 0 Å². The van der Waals surface area contributed by atoms with Crippen molar-refractivity contribution in [3.63, 3.8) is 0 Å². The Labute approximate surface area is 197 Å². The van der Waals surface area contributed by atoms with E-state index >= 15 is 0 Å². The maximum atomic E-state index is 13.3. The van der Waals surface area contributed by atoms with Gasteiger partial charge in [0.2, 0.25) is 5.60 Å². The second-order valence-corrected chi connectivity index (χ2v) is 7.98. The average molecular weight is 524 g/mol. The highest BCUT2D eigenvalue weighted by atomic mass is 32.1. The number of nitrogens with two attached hydrogens (primary N) is 1. The number of aliphatic hydroxyl groups is 2. The van der Waals surface area contributed by atoms with E-state index in [9.17, 15) is 36.6 Å². The molecular weight excluding hydrogens is 506 g/mol. The lowest BCUT2D eigenvalue weighted by Crippen LogP contribution is -2.45. The molecule has 0 amide bonds. The summed E-state index contributed by atoms with van der Waals surface area (Å²) < 4.78 is 75.8. The first-order valence-electron chi connectivity index (χ1n) is 9.39. The molecule has 1 atom stereocenters. The van der Waals surface area contributed by atoms with Crippen molar-refractivity contribution >= 4 is 23.3 Å². The Morgan fingerprint density at radius 3 is 2.17 bits per heavy atom. The van der Waals surface area contributed by atoms with Gasteiger partial charge in [-0.3, -0.25) is 0 Å². The number of nitrogens with zero attached hydrogens (tertiary/aromatic N) is 3. The highest BCUT2D eigenvalue weighted by Crippen LogP contribution is 2.40. The molecule has 0 aliphatic rings. The van der Waals surface area contributed by atoms with Gasteiger partial charge in [-0.05, 0) is 48.6 Å². The molecule has 0 aliphatic carbocycles. The number of carbonyl (C=O) groups is 1. The maximum Gasteiger partial charge on any atom is 0.490 e. The molecule has 0 bridgehead atoms. The fraction of sp³-hybridized carbons (Fsp3) is 0.300. The highest BCUT2D eigenvalue weighted by Gasteiger charge is 2.54. The van der Waals surface area contributed by atoms with Gasteiger partial charge in [0.25, 0.3) is 0 Å². The van der Waals surface area contributed by atoms with Crippen molar-refractivity contribution in [2.75, 3.05) is 12.3 Å². The van der Waals surface area contributed by atoms with E-state index in [1.165, 1.54) is 23.8 Å². The minimum atomic E-state index is -5.08. The summed E-state index contributed by atoms with van der Waals surface area (Å²) in [7, 11) is 0. The second-order valence-electron chi connectivity index (χ2n) is 7.17. The number of rotatable bonds is 4. The van der Waals surface area contributed by atoms with E-state index in [2.05, 4.69) is 14.3 Å². The molecule has 0 saturated carbocycles. The van der Waals surface area contributed by atoms with Crippen molar-refractivity contribution in [2.24, 2.45) is 0 Å². The number of anilines is 1. The minimum absolute atomic E-state index is 0.170. The van der Waals surface area contributed by atoms with Gasteiger partial charge in [0.15, 0.2) is 5.82 Å². The second kappa shape index (κ2) is 10.1. The molecule has 35 heavy (non-hydrogen) atoms. The van der Waals surface area contributed by atoms with E-state index in [0.717, 1.165) is 17.8 Å². The monoisotopic (exact) mass is 524 g/mol. The van der Waals surface area contributed by atoms with Gasteiger partial charge in [0.05, 0.1) is 29.1 Å². The van der Waals surface area contributed by atoms with Gasteiger partial charge in [0, 0.05) is 5.56 Å². The molecule has 2 aromatic heterocycles. The molecule has 1 aromatic carbocycles. The number of hydrogen-bond donors (Lipinski definition) is 4. The fourth-order valence-electron chi connectivity index (χ4n) is 2.68. The third kappa shape index (κ3) is 6.23. The van der Waals surface area contributed by atoms with Crippen molar-refractivity contribution in [1.82, 2.24) is 14.3 Å². The quantitative estimate of drug-likeness (QED) is 0.377. The molecule has 5 N–H and O–H groups in total. The van der Waals surface area contributed by atoms with Gasteiger partial charge >= 0.3 is 18.3 Å². The molecule has 190 valence electrons. The minimum Gasteiger partial charge on any atom is -0.475 e. The predicted molar refractivity (Wildman–Crippen MR) is 113 cm³/mol. The van der Waals surface area contributed by atoms with E-state index in [-0.39, 0.29) is 11.5 Å². The zero-order valence-electron chi connectivity index (χ0n) is 17.9. The summed E-state index contributed by atoms with van der Waals surface area (Å²) in [6.07, 6.45) is -8.78. The molecule has 0 saturated heterocycles. The van der Waals surface area contributed by atoms with Crippen LogP contribution in [0, 0.1) is 13.8 Å². The van der Waals surface area contributed by atoms with Crippen molar-refractivity contribution in [2.45, 2.75) is 31.8 Å². The Bertz CT molecular complexity index is 1220. The molecule has 2 heterocycles. The van der Waals surface area contributed by atoms with Gasteiger partial charge in [0.1, 0.15) is 5.69 Å². The molecular formula is C20H18F6N4O4S. The summed E-state index contributed by atoms with van der Waals surface area (Å²) in [5, 5.41) is 26.4. The summed E-state index contributed by atoms with van der Waals surface area (Å²) in [6, 6.07) is 5.49. The topological polar surface area (TPSA) is 142 Å². The highest BCUT2D eigenvalue weighted by molar-refractivity contribution is 7.09. The number of nitrogen functional groups attached to an aromatic ring is 1. The first-order chi connectivity index (χ1) is 16.0. The van der Waals surface area contributed by atoms with Crippen LogP contribution < -0.4 is 5.73 Å². The van der Waals surface area contributed by atoms with Crippen LogP contribution in [-0.2, 0) is 10.4 Å². The summed E-state index contributed by atoms with van der Waals surface area (Å²) in [5.41, 5.74) is 4.44. The van der Waals surface area contributed by atoms with E-state index in [1.807, 2.05) is 6.92 Å². The SMILES string of the molecule is Cc1cc(-c2nc(-c3cc(C(O)(CO)C(F)(F)F)ccc3C)cnc2N)sn1.O=C(O)C(F)(F)F. The zero-order chi connectivity index (χ0) is 26.8. The van der Waals surface area contributed by atoms with E-state index in [1.54, 1.807) is 13.0 Å². The summed E-state index contributed by atoms with van der Waals surface area (Å²) in [4.78, 5) is 18.1. The Morgan fingerprint density at radius 2 is 1.71 bits per heavy atom. The van der Waals surface area contributed by atoms with Gasteiger partial charge in [-0.2, -0.15) is 30.7 Å². The van der Waals surface area contributed by atoms with Crippen molar-refractivity contribution in [3.05, 3.63) is 47.3 Å². The van der Waals surface area contributed by atoms with Crippen LogP contribution in [0.4, 0.5) is 32.2 Å². The summed E-state index contributed by atoms with van der Waals surface area (Å²) in [5.74, 6) is -2.59. The number of hydrogen-bond acceptors (Lipinski definition) is 8. The molecule has 3 aromatic rings. The van der Waals surface area contributed by atoms with Crippen molar-refractivity contribution in [1.29, 1.82) is 0 Å². The van der Waals surface area contributed by atoms with Crippen LogP contribution in [0.2, 0.25) is 0 Å². The summed E-state index contributed by atoms with van der Waals surface area (Å²) in [6.45, 7) is 2.00. The first kappa shape index (κ1) is 27.9. The Hall–Kier alpha value is -3.30. The van der Waals surface area contributed by atoms with Crippen LogP contribution in [0.1, 0.15) is 16.8 Å². The van der Waals surface area contributed by atoms with Gasteiger partial charge in [-0.25, -0.2) is 14.8 Å². The molecule has 0 spiro atoms. The smallest absolute Gasteiger partial charge is 0.475 e. The molecule has 0 aliphatic heterocycles. The van der Waals surface area contributed by atoms with E-state index < -0.39 is 36.1 Å². The third-order valence-electron chi connectivity index (χ3n) is 4.59. The van der Waals surface area contributed by atoms with Crippen LogP contribution in [0.5, 0.6) is 0 Å². The fourth-order valence-corrected chi connectivity index (χ4v) is 3.44. The van der Waals surface area contributed by atoms with Crippen LogP contribution in [0.25, 0.3) is 21.8 Å². The molecule has 0 fully saturated rings. The number of aryl methyl sites for hydroxylation is 2. The zero-order valence-corrected chi connectivity index (χ0v) is 18.8. The van der Waals surface area contributed by atoms with Crippen molar-refractivity contribution in [3.8, 4) is 21.8 Å². The average Bonchev–Trinajstić information content (AvgIpc) is 3.19. The van der Waals surface area contributed by atoms with E-state index in [0.29, 0.717) is 21.7 Å². The van der Waals surface area contributed by atoms with E-state index in [4.69, 9.17) is 15.6 Å². The number of alkyl halides is 6. The van der Waals surface area contributed by atoms with Gasteiger partial charge in [-0.15, -0.1) is 0 Å². The molecule has 3 rings (SSSR count).